The molecule has 0 aromatic carbocycles. The molecular weight excluding hydrogens is 138 g/mol. The van der Waals surface area contributed by atoms with Crippen LogP contribution in [0.25, 0.3) is 0 Å². The van der Waals surface area contributed by atoms with Crippen LogP contribution in [0.1, 0.15) is 33.6 Å². The maximum atomic E-state index is 9.40. The van der Waals surface area contributed by atoms with Gasteiger partial charge in [-0.1, -0.05) is 20.8 Å². The van der Waals surface area contributed by atoms with Gasteiger partial charge in [0.15, 0.2) is 0 Å². The summed E-state index contributed by atoms with van der Waals surface area (Å²) in [6.07, 6.45) is 1.73. The van der Waals surface area contributed by atoms with Gasteiger partial charge in [0.05, 0.1) is 6.10 Å². The monoisotopic (exact) mass is 157 g/mol. The lowest BCUT2D eigenvalue weighted by molar-refractivity contribution is 0.0835. The molecule has 1 aliphatic rings. The fourth-order valence-electron chi connectivity index (χ4n) is 1.56. The third kappa shape index (κ3) is 2.46. The van der Waals surface area contributed by atoms with Crippen molar-refractivity contribution in [2.75, 3.05) is 6.54 Å². The standard InChI is InChI=1S/C9H19NO/c1-9(2,3)8-6-7(11)4-5-10-8/h7-8,10-11H,4-6H2,1-3H3. The van der Waals surface area contributed by atoms with E-state index < -0.39 is 0 Å². The predicted octanol–water partition coefficient (Wildman–Crippen LogP) is 1.15. The van der Waals surface area contributed by atoms with Gasteiger partial charge in [0.25, 0.3) is 0 Å². The van der Waals surface area contributed by atoms with E-state index in [4.69, 9.17) is 0 Å². The van der Waals surface area contributed by atoms with Crippen molar-refractivity contribution in [2.45, 2.75) is 45.8 Å². The van der Waals surface area contributed by atoms with E-state index in [9.17, 15) is 5.11 Å². The van der Waals surface area contributed by atoms with Gasteiger partial charge in [-0.15, -0.1) is 0 Å². The lowest BCUT2D eigenvalue weighted by Gasteiger charge is -2.36. The Bertz CT molecular complexity index is 128. The molecule has 0 amide bonds. The Kier molecular flexibility index (Phi) is 2.55. The Hall–Kier alpha value is -0.0800. The van der Waals surface area contributed by atoms with Crippen LogP contribution in [0.2, 0.25) is 0 Å². The summed E-state index contributed by atoms with van der Waals surface area (Å²) >= 11 is 0. The van der Waals surface area contributed by atoms with E-state index in [2.05, 4.69) is 26.1 Å². The fraction of sp³-hybridized carbons (Fsp3) is 1.00. The largest absolute Gasteiger partial charge is 0.393 e. The molecule has 0 aliphatic carbocycles. The maximum Gasteiger partial charge on any atom is 0.0567 e. The summed E-state index contributed by atoms with van der Waals surface area (Å²) in [5.41, 5.74) is 0.279. The molecule has 1 saturated heterocycles. The van der Waals surface area contributed by atoms with Gasteiger partial charge >= 0.3 is 0 Å². The van der Waals surface area contributed by atoms with E-state index in [1.165, 1.54) is 0 Å². The Morgan fingerprint density at radius 2 is 2.00 bits per heavy atom. The molecule has 1 rings (SSSR count). The van der Waals surface area contributed by atoms with Crippen LogP contribution in [-0.4, -0.2) is 23.8 Å². The minimum Gasteiger partial charge on any atom is -0.393 e. The molecule has 2 nitrogen and oxygen atoms in total. The zero-order valence-electron chi connectivity index (χ0n) is 7.72. The van der Waals surface area contributed by atoms with Crippen LogP contribution in [0.3, 0.4) is 0 Å². The van der Waals surface area contributed by atoms with Gasteiger partial charge in [-0.3, -0.25) is 0 Å². The van der Waals surface area contributed by atoms with E-state index >= 15 is 0 Å². The average molecular weight is 157 g/mol. The van der Waals surface area contributed by atoms with Crippen LogP contribution < -0.4 is 5.32 Å². The number of piperidine rings is 1. The molecule has 0 radical (unpaired) electrons. The molecular formula is C9H19NO. The van der Waals surface area contributed by atoms with Crippen molar-refractivity contribution in [1.82, 2.24) is 5.32 Å². The molecule has 1 aliphatic heterocycles. The van der Waals surface area contributed by atoms with Gasteiger partial charge in [-0.05, 0) is 24.8 Å². The number of hydrogen-bond acceptors (Lipinski definition) is 2. The molecule has 0 aromatic heterocycles. The molecule has 0 bridgehead atoms. The molecule has 0 spiro atoms. The third-order valence-electron chi connectivity index (χ3n) is 2.42. The molecule has 2 unspecified atom stereocenters. The quantitative estimate of drug-likeness (QED) is 0.553. The molecule has 11 heavy (non-hydrogen) atoms. The first-order valence-electron chi connectivity index (χ1n) is 4.41. The summed E-state index contributed by atoms with van der Waals surface area (Å²) in [4.78, 5) is 0. The van der Waals surface area contributed by atoms with E-state index in [0.29, 0.717) is 6.04 Å². The second-order valence-electron chi connectivity index (χ2n) is 4.55. The Morgan fingerprint density at radius 3 is 2.36 bits per heavy atom. The van der Waals surface area contributed by atoms with E-state index in [1.54, 1.807) is 0 Å². The second-order valence-corrected chi connectivity index (χ2v) is 4.55. The van der Waals surface area contributed by atoms with Crippen LogP contribution >= 0.6 is 0 Å². The maximum absolute atomic E-state index is 9.40. The fourth-order valence-corrected chi connectivity index (χ4v) is 1.56. The first-order chi connectivity index (χ1) is 5.00. The van der Waals surface area contributed by atoms with Gasteiger partial charge in [0.1, 0.15) is 0 Å². The Morgan fingerprint density at radius 1 is 1.36 bits per heavy atom. The van der Waals surface area contributed by atoms with Crippen molar-refractivity contribution in [1.29, 1.82) is 0 Å². The van der Waals surface area contributed by atoms with Crippen LogP contribution in [-0.2, 0) is 0 Å². The zero-order chi connectivity index (χ0) is 8.48. The Balaban J connectivity index is 2.46. The van der Waals surface area contributed by atoms with Gasteiger partial charge in [0, 0.05) is 6.04 Å². The summed E-state index contributed by atoms with van der Waals surface area (Å²) in [6.45, 7) is 7.59. The molecule has 2 N–H and O–H groups in total. The van der Waals surface area contributed by atoms with Gasteiger partial charge in [-0.2, -0.15) is 0 Å². The van der Waals surface area contributed by atoms with Crippen LogP contribution in [0.5, 0.6) is 0 Å². The van der Waals surface area contributed by atoms with E-state index in [1.807, 2.05) is 0 Å². The number of aliphatic hydroxyl groups is 1. The smallest absolute Gasteiger partial charge is 0.0567 e. The van der Waals surface area contributed by atoms with Crippen molar-refractivity contribution < 1.29 is 5.11 Å². The molecule has 0 aromatic rings. The van der Waals surface area contributed by atoms with Crippen LogP contribution in [0.15, 0.2) is 0 Å². The lowest BCUT2D eigenvalue weighted by Crippen LogP contribution is -2.47. The van der Waals surface area contributed by atoms with Crippen molar-refractivity contribution in [3.63, 3.8) is 0 Å². The number of aliphatic hydroxyl groups excluding tert-OH is 1. The van der Waals surface area contributed by atoms with Crippen molar-refractivity contribution in [3.05, 3.63) is 0 Å². The average Bonchev–Trinajstić information content (AvgIpc) is 1.86. The number of nitrogens with one attached hydrogen (secondary N) is 1. The summed E-state index contributed by atoms with van der Waals surface area (Å²) in [5.74, 6) is 0. The number of hydrogen-bond donors (Lipinski definition) is 2. The van der Waals surface area contributed by atoms with Crippen molar-refractivity contribution in [3.8, 4) is 0 Å². The van der Waals surface area contributed by atoms with Crippen molar-refractivity contribution >= 4 is 0 Å². The molecule has 2 atom stereocenters. The lowest BCUT2D eigenvalue weighted by atomic mass is 9.81. The predicted molar refractivity (Wildman–Crippen MR) is 46.5 cm³/mol. The second kappa shape index (κ2) is 3.11. The minimum absolute atomic E-state index is 0.0829. The van der Waals surface area contributed by atoms with Crippen molar-refractivity contribution in [2.24, 2.45) is 5.41 Å². The number of rotatable bonds is 0. The molecule has 0 saturated carbocycles. The summed E-state index contributed by atoms with van der Waals surface area (Å²) < 4.78 is 0. The topological polar surface area (TPSA) is 32.3 Å². The molecule has 2 heteroatoms. The third-order valence-corrected chi connectivity index (χ3v) is 2.42. The highest BCUT2D eigenvalue weighted by molar-refractivity contribution is 4.86. The van der Waals surface area contributed by atoms with Gasteiger partial charge in [0.2, 0.25) is 0 Å². The van der Waals surface area contributed by atoms with E-state index in [0.717, 1.165) is 19.4 Å². The van der Waals surface area contributed by atoms with Gasteiger partial charge < -0.3 is 10.4 Å². The first-order valence-corrected chi connectivity index (χ1v) is 4.41. The molecule has 1 fully saturated rings. The minimum atomic E-state index is -0.0829. The highest BCUT2D eigenvalue weighted by atomic mass is 16.3. The highest BCUT2D eigenvalue weighted by Gasteiger charge is 2.29. The zero-order valence-corrected chi connectivity index (χ0v) is 7.72. The molecule has 1 heterocycles. The van der Waals surface area contributed by atoms with Gasteiger partial charge in [-0.25, -0.2) is 0 Å². The summed E-state index contributed by atoms with van der Waals surface area (Å²) in [5, 5.41) is 12.8. The summed E-state index contributed by atoms with van der Waals surface area (Å²) in [7, 11) is 0. The van der Waals surface area contributed by atoms with Crippen LogP contribution in [0.4, 0.5) is 0 Å². The highest BCUT2D eigenvalue weighted by Crippen LogP contribution is 2.25. The normalized spacial score (nSPS) is 33.8. The Labute approximate surface area is 69.0 Å². The summed E-state index contributed by atoms with van der Waals surface area (Å²) in [6, 6.07) is 0.478. The van der Waals surface area contributed by atoms with E-state index in [-0.39, 0.29) is 11.5 Å². The first kappa shape index (κ1) is 9.01. The van der Waals surface area contributed by atoms with Crippen LogP contribution in [0, 0.1) is 5.41 Å². The SMILES string of the molecule is CC(C)(C)C1CC(O)CCN1. The molecule has 66 valence electrons.